The van der Waals surface area contributed by atoms with E-state index in [0.717, 1.165) is 31.7 Å². The first-order chi connectivity index (χ1) is 7.09. The minimum Gasteiger partial charge on any atom is -0.361 e. The zero-order valence-electron chi connectivity index (χ0n) is 9.84. The van der Waals surface area contributed by atoms with E-state index in [4.69, 9.17) is 4.52 Å². The van der Waals surface area contributed by atoms with Crippen LogP contribution in [0.25, 0.3) is 0 Å². The van der Waals surface area contributed by atoms with Crippen LogP contribution >= 0.6 is 0 Å². The van der Waals surface area contributed by atoms with E-state index in [1.807, 2.05) is 6.20 Å². The quantitative estimate of drug-likeness (QED) is 0.770. The monoisotopic (exact) mass is 208 g/mol. The van der Waals surface area contributed by atoms with E-state index in [0.29, 0.717) is 5.92 Å². The molecule has 0 unspecified atom stereocenters. The van der Waals surface area contributed by atoms with E-state index >= 15 is 0 Å². The minimum absolute atomic E-state index is 0.139. The van der Waals surface area contributed by atoms with Crippen LogP contribution < -0.4 is 5.32 Å². The van der Waals surface area contributed by atoms with Crippen LogP contribution in [0.1, 0.15) is 50.9 Å². The maximum absolute atomic E-state index is 5.45. The van der Waals surface area contributed by atoms with Gasteiger partial charge in [-0.1, -0.05) is 25.9 Å². The smallest absolute Gasteiger partial charge is 0.143 e. The summed E-state index contributed by atoms with van der Waals surface area (Å²) in [6.07, 6.45) is 4.22. The van der Waals surface area contributed by atoms with Gasteiger partial charge in [-0.15, -0.1) is 0 Å². The summed E-state index contributed by atoms with van der Waals surface area (Å²) < 4.78 is 5.45. The molecule has 1 saturated heterocycles. The second-order valence-electron chi connectivity index (χ2n) is 5.38. The van der Waals surface area contributed by atoms with E-state index in [2.05, 4.69) is 31.2 Å². The van der Waals surface area contributed by atoms with Gasteiger partial charge in [-0.2, -0.15) is 0 Å². The standard InChI is InChI=1S/C12H20N2O/c1-12(2,3)10-8-14-15-11(10)9-4-6-13-7-5-9/h8-9,13H,4-7H2,1-3H3. The molecule has 1 N–H and O–H groups in total. The number of aromatic nitrogens is 1. The first kappa shape index (κ1) is 10.7. The number of hydrogen-bond acceptors (Lipinski definition) is 3. The molecule has 0 amide bonds. The van der Waals surface area contributed by atoms with Gasteiger partial charge < -0.3 is 9.84 Å². The highest BCUT2D eigenvalue weighted by Crippen LogP contribution is 2.34. The molecule has 0 aliphatic carbocycles. The van der Waals surface area contributed by atoms with Crippen LogP contribution in [0.3, 0.4) is 0 Å². The normalized spacial score (nSPS) is 19.4. The van der Waals surface area contributed by atoms with E-state index in [1.165, 1.54) is 5.56 Å². The Kier molecular flexibility index (Phi) is 2.83. The average Bonchev–Trinajstić information content (AvgIpc) is 2.67. The van der Waals surface area contributed by atoms with Crippen molar-refractivity contribution < 1.29 is 4.52 Å². The van der Waals surface area contributed by atoms with Crippen molar-refractivity contribution in [2.24, 2.45) is 0 Å². The number of nitrogens with zero attached hydrogens (tertiary/aromatic N) is 1. The van der Waals surface area contributed by atoms with E-state index in [-0.39, 0.29) is 5.41 Å². The van der Waals surface area contributed by atoms with Gasteiger partial charge in [0.1, 0.15) is 5.76 Å². The van der Waals surface area contributed by atoms with Crippen molar-refractivity contribution in [1.29, 1.82) is 0 Å². The van der Waals surface area contributed by atoms with Crippen LogP contribution in [0.5, 0.6) is 0 Å². The summed E-state index contributed by atoms with van der Waals surface area (Å²) in [5.74, 6) is 1.67. The molecule has 15 heavy (non-hydrogen) atoms. The van der Waals surface area contributed by atoms with Gasteiger partial charge in [0.2, 0.25) is 0 Å². The summed E-state index contributed by atoms with van der Waals surface area (Å²) in [4.78, 5) is 0. The average molecular weight is 208 g/mol. The van der Waals surface area contributed by atoms with Gasteiger partial charge in [-0.05, 0) is 31.3 Å². The summed E-state index contributed by atoms with van der Waals surface area (Å²) in [7, 11) is 0. The van der Waals surface area contributed by atoms with Crippen LogP contribution in [-0.2, 0) is 5.41 Å². The predicted molar refractivity (Wildman–Crippen MR) is 60.0 cm³/mol. The molecule has 1 aromatic rings. The van der Waals surface area contributed by atoms with Crippen molar-refractivity contribution in [3.05, 3.63) is 17.5 Å². The molecule has 2 heterocycles. The van der Waals surface area contributed by atoms with E-state index < -0.39 is 0 Å². The van der Waals surface area contributed by atoms with Gasteiger partial charge in [-0.25, -0.2) is 0 Å². The number of rotatable bonds is 1. The van der Waals surface area contributed by atoms with E-state index in [1.54, 1.807) is 0 Å². The number of nitrogens with one attached hydrogen (secondary N) is 1. The minimum atomic E-state index is 0.139. The second kappa shape index (κ2) is 3.97. The third-order valence-electron chi connectivity index (χ3n) is 3.12. The topological polar surface area (TPSA) is 38.1 Å². The summed E-state index contributed by atoms with van der Waals surface area (Å²) in [5, 5.41) is 7.34. The van der Waals surface area contributed by atoms with Crippen LogP contribution in [0.15, 0.2) is 10.7 Å². The highest BCUT2D eigenvalue weighted by molar-refractivity contribution is 5.25. The largest absolute Gasteiger partial charge is 0.361 e. The third kappa shape index (κ3) is 2.23. The summed E-state index contributed by atoms with van der Waals surface area (Å²) in [5.41, 5.74) is 1.41. The Morgan fingerprint density at radius 1 is 1.33 bits per heavy atom. The van der Waals surface area contributed by atoms with Crippen LogP contribution in [0.4, 0.5) is 0 Å². The Balaban J connectivity index is 2.24. The molecular formula is C12H20N2O. The lowest BCUT2D eigenvalue weighted by Gasteiger charge is -2.24. The molecule has 0 spiro atoms. The Bertz CT molecular complexity index is 319. The summed E-state index contributed by atoms with van der Waals surface area (Å²) >= 11 is 0. The molecule has 2 rings (SSSR count). The molecule has 84 valence electrons. The first-order valence-electron chi connectivity index (χ1n) is 5.75. The molecule has 0 saturated carbocycles. The van der Waals surface area contributed by atoms with Crippen molar-refractivity contribution in [3.8, 4) is 0 Å². The number of hydrogen-bond donors (Lipinski definition) is 1. The lowest BCUT2D eigenvalue weighted by molar-refractivity contribution is 0.322. The Labute approximate surface area is 91.2 Å². The highest BCUT2D eigenvalue weighted by Gasteiger charge is 2.28. The molecule has 1 fully saturated rings. The van der Waals surface area contributed by atoms with Crippen molar-refractivity contribution in [1.82, 2.24) is 10.5 Å². The molecule has 1 aliphatic rings. The van der Waals surface area contributed by atoms with Gasteiger partial charge in [0.15, 0.2) is 0 Å². The third-order valence-corrected chi connectivity index (χ3v) is 3.12. The first-order valence-corrected chi connectivity index (χ1v) is 5.75. The van der Waals surface area contributed by atoms with Crippen molar-refractivity contribution in [2.75, 3.05) is 13.1 Å². The van der Waals surface area contributed by atoms with Crippen molar-refractivity contribution in [2.45, 2.75) is 44.9 Å². The maximum atomic E-state index is 5.45. The van der Waals surface area contributed by atoms with Crippen LogP contribution in [0.2, 0.25) is 0 Å². The van der Waals surface area contributed by atoms with Gasteiger partial charge in [0, 0.05) is 11.5 Å². The summed E-state index contributed by atoms with van der Waals surface area (Å²) in [6.45, 7) is 8.82. The maximum Gasteiger partial charge on any atom is 0.143 e. The second-order valence-corrected chi connectivity index (χ2v) is 5.38. The predicted octanol–water partition coefficient (Wildman–Crippen LogP) is 2.44. The molecule has 3 nitrogen and oxygen atoms in total. The zero-order chi connectivity index (χ0) is 10.9. The van der Waals surface area contributed by atoms with Crippen LogP contribution in [-0.4, -0.2) is 18.2 Å². The molecule has 0 aromatic carbocycles. The Hall–Kier alpha value is -0.830. The van der Waals surface area contributed by atoms with Gasteiger partial charge in [0.05, 0.1) is 6.20 Å². The molecule has 3 heteroatoms. The van der Waals surface area contributed by atoms with Crippen molar-refractivity contribution in [3.63, 3.8) is 0 Å². The molecule has 0 atom stereocenters. The SMILES string of the molecule is CC(C)(C)c1cnoc1C1CCNCC1. The Morgan fingerprint density at radius 3 is 2.60 bits per heavy atom. The lowest BCUT2D eigenvalue weighted by Crippen LogP contribution is -2.27. The fourth-order valence-electron chi connectivity index (χ4n) is 2.19. The molecule has 0 radical (unpaired) electrons. The zero-order valence-corrected chi connectivity index (χ0v) is 9.84. The van der Waals surface area contributed by atoms with Crippen molar-refractivity contribution >= 4 is 0 Å². The molecular weight excluding hydrogens is 188 g/mol. The lowest BCUT2D eigenvalue weighted by atomic mass is 9.82. The molecule has 0 bridgehead atoms. The molecule has 1 aromatic heterocycles. The van der Waals surface area contributed by atoms with Crippen LogP contribution in [0, 0.1) is 0 Å². The molecule has 1 aliphatic heterocycles. The van der Waals surface area contributed by atoms with Gasteiger partial charge in [-0.3, -0.25) is 0 Å². The fourth-order valence-corrected chi connectivity index (χ4v) is 2.19. The highest BCUT2D eigenvalue weighted by atomic mass is 16.5. The summed E-state index contributed by atoms with van der Waals surface area (Å²) in [6, 6.07) is 0. The van der Waals surface area contributed by atoms with Gasteiger partial charge >= 0.3 is 0 Å². The number of piperidine rings is 1. The Morgan fingerprint density at radius 2 is 2.00 bits per heavy atom. The van der Waals surface area contributed by atoms with Gasteiger partial charge in [0.25, 0.3) is 0 Å². The van der Waals surface area contributed by atoms with E-state index in [9.17, 15) is 0 Å². The fraction of sp³-hybridized carbons (Fsp3) is 0.750.